The molecule has 0 bridgehead atoms. The summed E-state index contributed by atoms with van der Waals surface area (Å²) in [6.45, 7) is 2.90. The van der Waals surface area contributed by atoms with E-state index in [1.54, 1.807) is 0 Å². The fourth-order valence-corrected chi connectivity index (χ4v) is 2.26. The zero-order valence-corrected chi connectivity index (χ0v) is 12.2. The molecule has 1 aromatic heterocycles. The Bertz CT molecular complexity index is 648. The van der Waals surface area contributed by atoms with Crippen molar-refractivity contribution in [1.29, 1.82) is 0 Å². The molecule has 0 unspecified atom stereocenters. The second-order valence-electron chi connectivity index (χ2n) is 4.59. The Morgan fingerprint density at radius 1 is 1.35 bits per heavy atom. The van der Waals surface area contributed by atoms with Crippen LogP contribution in [0.4, 0.5) is 5.69 Å². The van der Waals surface area contributed by atoms with E-state index in [0.717, 1.165) is 36.7 Å². The van der Waals surface area contributed by atoms with Gasteiger partial charge in [0.1, 0.15) is 0 Å². The molecule has 0 aliphatic carbocycles. The first-order valence-electron chi connectivity index (χ1n) is 6.66. The summed E-state index contributed by atoms with van der Waals surface area (Å²) in [5, 5.41) is 18.8. The molecule has 3 N–H and O–H groups in total. The third-order valence-corrected chi connectivity index (χ3v) is 3.23. The molecular formula is C14H18N4OS. The van der Waals surface area contributed by atoms with Gasteiger partial charge in [0, 0.05) is 11.9 Å². The smallest absolute Gasteiger partial charge is 0.220 e. The molecule has 0 fully saturated rings. The van der Waals surface area contributed by atoms with Gasteiger partial charge in [0.25, 0.3) is 0 Å². The van der Waals surface area contributed by atoms with Crippen molar-refractivity contribution in [3.05, 3.63) is 24.3 Å². The number of azo groups is 1. The molecule has 20 heavy (non-hydrogen) atoms. The van der Waals surface area contributed by atoms with Crippen molar-refractivity contribution in [2.45, 2.75) is 32.7 Å². The van der Waals surface area contributed by atoms with Crippen molar-refractivity contribution in [2.24, 2.45) is 16.0 Å². The van der Waals surface area contributed by atoms with Gasteiger partial charge in [-0.1, -0.05) is 38.0 Å². The van der Waals surface area contributed by atoms with E-state index < -0.39 is 0 Å². The van der Waals surface area contributed by atoms with Gasteiger partial charge in [-0.3, -0.25) is 0 Å². The van der Waals surface area contributed by atoms with Gasteiger partial charge in [0.2, 0.25) is 11.0 Å². The Labute approximate surface area is 123 Å². The van der Waals surface area contributed by atoms with E-state index in [4.69, 9.17) is 5.73 Å². The molecule has 2 rings (SSSR count). The number of nitrogens with two attached hydrogens (primary N) is 1. The number of unbranched alkanes of at least 4 members (excludes halogenated alkanes) is 2. The molecule has 0 saturated heterocycles. The first-order chi connectivity index (χ1) is 9.65. The molecule has 0 radical (unpaired) electrons. The Morgan fingerprint density at radius 3 is 2.80 bits per heavy atom. The number of aromatic hydroxyl groups is 1. The van der Waals surface area contributed by atoms with Gasteiger partial charge < -0.3 is 15.4 Å². The lowest BCUT2D eigenvalue weighted by Gasteiger charge is -2.05. The van der Waals surface area contributed by atoms with Crippen LogP contribution in [0.2, 0.25) is 0 Å². The first-order valence-corrected chi connectivity index (χ1v) is 7.07. The van der Waals surface area contributed by atoms with E-state index in [2.05, 4.69) is 29.4 Å². The summed E-state index contributed by atoms with van der Waals surface area (Å²) in [7, 11) is 0. The summed E-state index contributed by atoms with van der Waals surface area (Å²) >= 11 is 4.68. The van der Waals surface area contributed by atoms with Crippen molar-refractivity contribution in [2.75, 3.05) is 0 Å². The number of hydrogen-bond acceptors (Lipinski definition) is 3. The minimum absolute atomic E-state index is 0.0489. The zero-order chi connectivity index (χ0) is 14.5. The number of aromatic nitrogens is 1. The largest absolute Gasteiger partial charge is 0.493 e. The lowest BCUT2D eigenvalue weighted by atomic mass is 10.2. The van der Waals surface area contributed by atoms with Gasteiger partial charge in [0.05, 0.1) is 5.52 Å². The van der Waals surface area contributed by atoms with Crippen LogP contribution in [0.3, 0.4) is 0 Å². The number of para-hydroxylation sites is 1. The lowest BCUT2D eigenvalue weighted by Crippen LogP contribution is -2.01. The van der Waals surface area contributed by atoms with Crippen LogP contribution < -0.4 is 5.73 Å². The predicted molar refractivity (Wildman–Crippen MR) is 84.4 cm³/mol. The standard InChI is InChI=1S/C14H18N4OS/c1-2-3-6-9-18-11-8-5-4-7-10(11)12(13(18)19)16-17-14(15)20/h4-5,7-8,19H,2-3,6,9H2,1H3,(H2,15,20). The predicted octanol–water partition coefficient (Wildman–Crippen LogP) is 3.86. The van der Waals surface area contributed by atoms with Crippen LogP contribution in [0.5, 0.6) is 5.88 Å². The Morgan fingerprint density at radius 2 is 2.10 bits per heavy atom. The third-order valence-electron chi connectivity index (χ3n) is 3.15. The molecule has 5 nitrogen and oxygen atoms in total. The molecule has 0 spiro atoms. The van der Waals surface area contributed by atoms with E-state index in [-0.39, 0.29) is 11.0 Å². The average molecular weight is 290 g/mol. The van der Waals surface area contributed by atoms with Crippen molar-refractivity contribution in [3.63, 3.8) is 0 Å². The quantitative estimate of drug-likeness (QED) is 0.498. The fraction of sp³-hybridized carbons (Fsp3) is 0.357. The highest BCUT2D eigenvalue weighted by atomic mass is 32.1. The van der Waals surface area contributed by atoms with Crippen LogP contribution in [-0.2, 0) is 6.54 Å². The van der Waals surface area contributed by atoms with Gasteiger partial charge in [-0.05, 0) is 24.7 Å². The molecule has 106 valence electrons. The SMILES string of the molecule is CCCCCn1c(O)c(N=NC(N)=S)c2ccccc21. The number of nitrogens with zero attached hydrogens (tertiary/aromatic N) is 3. The highest BCUT2D eigenvalue weighted by Gasteiger charge is 2.15. The molecule has 6 heteroatoms. The van der Waals surface area contributed by atoms with E-state index in [0.29, 0.717) is 5.69 Å². The lowest BCUT2D eigenvalue weighted by molar-refractivity contribution is 0.417. The molecule has 1 aromatic carbocycles. The van der Waals surface area contributed by atoms with Crippen molar-refractivity contribution >= 4 is 33.9 Å². The second kappa shape index (κ2) is 6.47. The summed E-state index contributed by atoms with van der Waals surface area (Å²) in [6.07, 6.45) is 3.26. The van der Waals surface area contributed by atoms with Crippen molar-refractivity contribution in [1.82, 2.24) is 4.57 Å². The average Bonchev–Trinajstić information content (AvgIpc) is 2.70. The Balaban J connectivity index is 2.46. The number of aryl methyl sites for hydroxylation is 1. The van der Waals surface area contributed by atoms with Crippen LogP contribution in [0, 0.1) is 0 Å². The van der Waals surface area contributed by atoms with E-state index >= 15 is 0 Å². The third kappa shape index (κ3) is 2.96. The van der Waals surface area contributed by atoms with Gasteiger partial charge in [-0.2, -0.15) is 0 Å². The fourth-order valence-electron chi connectivity index (χ4n) is 2.22. The van der Waals surface area contributed by atoms with Crippen molar-refractivity contribution < 1.29 is 5.11 Å². The summed E-state index contributed by atoms with van der Waals surface area (Å²) in [4.78, 5) is 0. The molecule has 0 saturated carbocycles. The number of hydrogen-bond donors (Lipinski definition) is 2. The van der Waals surface area contributed by atoms with E-state index in [9.17, 15) is 5.11 Å². The summed E-state index contributed by atoms with van der Waals surface area (Å²) in [5.74, 6) is 0.113. The van der Waals surface area contributed by atoms with Gasteiger partial charge in [0.15, 0.2) is 5.69 Å². The van der Waals surface area contributed by atoms with Crippen molar-refractivity contribution in [3.8, 4) is 5.88 Å². The maximum atomic E-state index is 10.4. The van der Waals surface area contributed by atoms with Crippen LogP contribution in [-0.4, -0.2) is 14.8 Å². The van der Waals surface area contributed by atoms with Gasteiger partial charge in [-0.15, -0.1) is 10.2 Å². The van der Waals surface area contributed by atoms with Crippen LogP contribution in [0.1, 0.15) is 26.2 Å². The van der Waals surface area contributed by atoms with Crippen LogP contribution in [0.15, 0.2) is 34.5 Å². The monoisotopic (exact) mass is 290 g/mol. The van der Waals surface area contributed by atoms with Crippen LogP contribution in [0.25, 0.3) is 10.9 Å². The normalized spacial score (nSPS) is 11.4. The Kier molecular flexibility index (Phi) is 4.68. The zero-order valence-electron chi connectivity index (χ0n) is 11.4. The highest BCUT2D eigenvalue weighted by molar-refractivity contribution is 7.80. The number of benzene rings is 1. The maximum Gasteiger partial charge on any atom is 0.220 e. The summed E-state index contributed by atoms with van der Waals surface area (Å²) in [6, 6.07) is 7.70. The molecule has 0 atom stereocenters. The summed E-state index contributed by atoms with van der Waals surface area (Å²) < 4.78 is 1.86. The number of fused-ring (bicyclic) bond motifs is 1. The molecule has 0 aliphatic heterocycles. The maximum absolute atomic E-state index is 10.4. The van der Waals surface area contributed by atoms with Crippen LogP contribution >= 0.6 is 12.2 Å². The first kappa shape index (κ1) is 14.5. The van der Waals surface area contributed by atoms with E-state index in [1.807, 2.05) is 28.8 Å². The minimum Gasteiger partial charge on any atom is -0.493 e. The molecule has 1 heterocycles. The van der Waals surface area contributed by atoms with E-state index in [1.165, 1.54) is 0 Å². The molecule has 0 amide bonds. The Hall–Kier alpha value is -1.95. The number of thiocarbonyl (C=S) groups is 1. The minimum atomic E-state index is -0.0489. The molecule has 2 aromatic rings. The molecular weight excluding hydrogens is 272 g/mol. The second-order valence-corrected chi connectivity index (χ2v) is 5.00. The topological polar surface area (TPSA) is 75.9 Å². The highest BCUT2D eigenvalue weighted by Crippen LogP contribution is 2.38. The van der Waals surface area contributed by atoms with Gasteiger partial charge >= 0.3 is 0 Å². The van der Waals surface area contributed by atoms with Gasteiger partial charge in [-0.25, -0.2) is 0 Å². The molecule has 0 aliphatic rings. The summed E-state index contributed by atoms with van der Waals surface area (Å²) in [5.41, 5.74) is 6.69. The number of rotatable bonds is 5.